The van der Waals surface area contributed by atoms with Crippen LogP contribution in [-0.2, 0) is 9.59 Å². The smallest absolute Gasteiger partial charge is 0.245 e. The fourth-order valence-electron chi connectivity index (χ4n) is 1.33. The van der Waals surface area contributed by atoms with Gasteiger partial charge in [-0.25, -0.2) is 0 Å². The Kier molecular flexibility index (Phi) is 5.31. The molecule has 0 radical (unpaired) electrons. The third kappa shape index (κ3) is 4.54. The van der Waals surface area contributed by atoms with Crippen molar-refractivity contribution in [2.45, 2.75) is 19.8 Å². The molecule has 0 aromatic carbocycles. The van der Waals surface area contributed by atoms with Gasteiger partial charge in [0.2, 0.25) is 11.8 Å². The predicted molar refractivity (Wildman–Crippen MR) is 63.8 cm³/mol. The Morgan fingerprint density at radius 1 is 1.56 bits per heavy atom. The summed E-state index contributed by atoms with van der Waals surface area (Å²) >= 11 is 0. The summed E-state index contributed by atoms with van der Waals surface area (Å²) in [7, 11) is 1.54. The second kappa shape index (κ2) is 6.75. The van der Waals surface area contributed by atoms with E-state index in [0.717, 1.165) is 0 Å². The topological polar surface area (TPSA) is 95.7 Å². The number of carbonyl (C=O) groups excluding carboxylic acids is 2. The first kappa shape index (κ1) is 14.2. The van der Waals surface area contributed by atoms with Crippen LogP contribution in [0.4, 0.5) is 5.82 Å². The first-order chi connectivity index (χ1) is 8.52. The summed E-state index contributed by atoms with van der Waals surface area (Å²) in [6.07, 6.45) is 0.622. The van der Waals surface area contributed by atoms with Crippen LogP contribution in [0.25, 0.3) is 0 Å². The largest absolute Gasteiger partial charge is 0.396 e. The summed E-state index contributed by atoms with van der Waals surface area (Å²) in [6.45, 7) is 1.62. The van der Waals surface area contributed by atoms with E-state index in [2.05, 4.69) is 10.5 Å². The van der Waals surface area contributed by atoms with E-state index in [1.165, 1.54) is 11.9 Å². The van der Waals surface area contributed by atoms with Gasteiger partial charge >= 0.3 is 0 Å². The van der Waals surface area contributed by atoms with Crippen molar-refractivity contribution < 1.29 is 19.2 Å². The number of aromatic nitrogens is 1. The van der Waals surface area contributed by atoms with Crippen LogP contribution >= 0.6 is 0 Å². The van der Waals surface area contributed by atoms with Crippen molar-refractivity contribution in [1.82, 2.24) is 10.1 Å². The van der Waals surface area contributed by atoms with Gasteiger partial charge in [-0.05, 0) is 13.3 Å². The number of aliphatic hydroxyl groups excluding tert-OH is 1. The van der Waals surface area contributed by atoms with Crippen LogP contribution in [-0.4, -0.2) is 47.2 Å². The monoisotopic (exact) mass is 255 g/mol. The minimum Gasteiger partial charge on any atom is -0.396 e. The minimum atomic E-state index is -0.344. The molecule has 0 saturated carbocycles. The number of aryl methyl sites for hydroxylation is 1. The van der Waals surface area contributed by atoms with Crippen molar-refractivity contribution in [2.24, 2.45) is 0 Å². The molecule has 18 heavy (non-hydrogen) atoms. The molecule has 7 heteroatoms. The van der Waals surface area contributed by atoms with Gasteiger partial charge in [-0.1, -0.05) is 5.16 Å². The van der Waals surface area contributed by atoms with E-state index >= 15 is 0 Å². The molecule has 2 N–H and O–H groups in total. The zero-order valence-corrected chi connectivity index (χ0v) is 10.5. The molecule has 0 spiro atoms. The van der Waals surface area contributed by atoms with Crippen LogP contribution < -0.4 is 5.32 Å². The zero-order valence-electron chi connectivity index (χ0n) is 10.5. The molecule has 1 rings (SSSR count). The van der Waals surface area contributed by atoms with Crippen molar-refractivity contribution in [3.63, 3.8) is 0 Å². The van der Waals surface area contributed by atoms with E-state index < -0.39 is 0 Å². The normalized spacial score (nSPS) is 10.2. The maximum Gasteiger partial charge on any atom is 0.245 e. The lowest BCUT2D eigenvalue weighted by Crippen LogP contribution is -2.34. The molecule has 0 bridgehead atoms. The van der Waals surface area contributed by atoms with Crippen molar-refractivity contribution >= 4 is 17.6 Å². The average Bonchev–Trinajstić information content (AvgIpc) is 2.71. The van der Waals surface area contributed by atoms with E-state index in [1.54, 1.807) is 13.0 Å². The van der Waals surface area contributed by atoms with Crippen LogP contribution in [0.2, 0.25) is 0 Å². The van der Waals surface area contributed by atoms with Crippen LogP contribution in [0.15, 0.2) is 10.6 Å². The van der Waals surface area contributed by atoms with Crippen molar-refractivity contribution in [2.75, 3.05) is 25.5 Å². The standard InChI is InChI=1S/C11H17N3O4/c1-8-6-9(13-18-8)12-10(16)7-14(2)11(17)4-3-5-15/h6,15H,3-5,7H2,1-2H3,(H,12,13,16). The molecule has 0 aliphatic carbocycles. The van der Waals surface area contributed by atoms with Crippen molar-refractivity contribution in [1.29, 1.82) is 0 Å². The molecule has 0 fully saturated rings. The molecular weight excluding hydrogens is 238 g/mol. The highest BCUT2D eigenvalue weighted by molar-refractivity contribution is 5.93. The Morgan fingerprint density at radius 3 is 2.83 bits per heavy atom. The lowest BCUT2D eigenvalue weighted by atomic mass is 10.3. The summed E-state index contributed by atoms with van der Waals surface area (Å²) in [5.74, 6) is 0.394. The van der Waals surface area contributed by atoms with E-state index in [9.17, 15) is 9.59 Å². The summed E-state index contributed by atoms with van der Waals surface area (Å²) in [4.78, 5) is 24.4. The van der Waals surface area contributed by atoms with Gasteiger partial charge < -0.3 is 19.8 Å². The number of nitrogens with zero attached hydrogens (tertiary/aromatic N) is 2. The number of rotatable bonds is 6. The molecule has 7 nitrogen and oxygen atoms in total. The number of likely N-dealkylation sites (N-methyl/N-ethyl adjacent to an activating group) is 1. The first-order valence-electron chi connectivity index (χ1n) is 5.61. The van der Waals surface area contributed by atoms with Crippen LogP contribution in [0.1, 0.15) is 18.6 Å². The Labute approximate surface area is 105 Å². The van der Waals surface area contributed by atoms with E-state index in [1.807, 2.05) is 0 Å². The summed E-state index contributed by atoms with van der Waals surface area (Å²) in [5, 5.41) is 14.7. The molecule has 2 amide bonds. The second-order valence-corrected chi connectivity index (χ2v) is 3.95. The maximum atomic E-state index is 11.6. The zero-order chi connectivity index (χ0) is 13.5. The Balaban J connectivity index is 2.37. The molecule has 0 unspecified atom stereocenters. The minimum absolute atomic E-state index is 0.0377. The summed E-state index contributed by atoms with van der Waals surface area (Å²) in [5.41, 5.74) is 0. The number of carbonyl (C=O) groups is 2. The lowest BCUT2D eigenvalue weighted by Gasteiger charge is -2.15. The fraction of sp³-hybridized carbons (Fsp3) is 0.545. The highest BCUT2D eigenvalue weighted by atomic mass is 16.5. The number of hydrogen-bond acceptors (Lipinski definition) is 5. The quantitative estimate of drug-likeness (QED) is 0.754. The summed E-state index contributed by atoms with van der Waals surface area (Å²) in [6, 6.07) is 1.59. The Hall–Kier alpha value is -1.89. The molecule has 0 atom stereocenters. The lowest BCUT2D eigenvalue weighted by molar-refractivity contribution is -0.133. The summed E-state index contributed by atoms with van der Waals surface area (Å²) < 4.78 is 4.80. The van der Waals surface area contributed by atoms with Crippen molar-refractivity contribution in [3.8, 4) is 0 Å². The van der Waals surface area contributed by atoms with Crippen LogP contribution in [0.3, 0.4) is 0 Å². The molecular formula is C11H17N3O4. The van der Waals surface area contributed by atoms with E-state index in [0.29, 0.717) is 18.0 Å². The first-order valence-corrected chi connectivity index (χ1v) is 5.61. The van der Waals surface area contributed by atoms with Gasteiger partial charge in [-0.2, -0.15) is 0 Å². The molecule has 100 valence electrons. The fourth-order valence-corrected chi connectivity index (χ4v) is 1.33. The molecule has 1 aromatic rings. The van der Waals surface area contributed by atoms with Crippen LogP contribution in [0.5, 0.6) is 0 Å². The third-order valence-electron chi connectivity index (χ3n) is 2.25. The van der Waals surface area contributed by atoms with Crippen molar-refractivity contribution in [3.05, 3.63) is 11.8 Å². The highest BCUT2D eigenvalue weighted by Crippen LogP contribution is 2.06. The molecule has 1 aromatic heterocycles. The number of amides is 2. The van der Waals surface area contributed by atoms with Gasteiger partial charge in [-0.15, -0.1) is 0 Å². The van der Waals surface area contributed by atoms with E-state index in [-0.39, 0.29) is 31.4 Å². The van der Waals surface area contributed by atoms with Gasteiger partial charge in [0.15, 0.2) is 5.82 Å². The van der Waals surface area contributed by atoms with Gasteiger partial charge in [-0.3, -0.25) is 9.59 Å². The Bertz CT molecular complexity index is 416. The third-order valence-corrected chi connectivity index (χ3v) is 2.25. The number of hydrogen-bond donors (Lipinski definition) is 2. The van der Waals surface area contributed by atoms with E-state index in [4.69, 9.17) is 9.63 Å². The molecule has 1 heterocycles. The SMILES string of the molecule is Cc1cc(NC(=O)CN(C)C(=O)CCCO)no1. The maximum absolute atomic E-state index is 11.6. The second-order valence-electron chi connectivity index (χ2n) is 3.95. The van der Waals surface area contributed by atoms with Gasteiger partial charge in [0.1, 0.15) is 5.76 Å². The molecule has 0 aliphatic rings. The molecule has 0 aliphatic heterocycles. The molecule has 0 saturated heterocycles. The highest BCUT2D eigenvalue weighted by Gasteiger charge is 2.13. The van der Waals surface area contributed by atoms with Gasteiger partial charge in [0, 0.05) is 26.1 Å². The average molecular weight is 255 g/mol. The predicted octanol–water partition coefficient (Wildman–Crippen LogP) is 0.152. The van der Waals surface area contributed by atoms with Gasteiger partial charge in [0.05, 0.1) is 6.54 Å². The Morgan fingerprint density at radius 2 is 2.28 bits per heavy atom. The number of anilines is 1. The number of nitrogens with one attached hydrogen (secondary N) is 1. The van der Waals surface area contributed by atoms with Crippen LogP contribution in [0, 0.1) is 6.92 Å². The van der Waals surface area contributed by atoms with Gasteiger partial charge in [0.25, 0.3) is 0 Å². The number of aliphatic hydroxyl groups is 1.